The Balaban J connectivity index is 2.08. The lowest BCUT2D eigenvalue weighted by atomic mass is 10.2. The maximum absolute atomic E-state index is 11.2. The van der Waals surface area contributed by atoms with Crippen molar-refractivity contribution in [2.24, 2.45) is 0 Å². The molecule has 0 bridgehead atoms. The topological polar surface area (TPSA) is 75.6 Å². The van der Waals surface area contributed by atoms with Gasteiger partial charge in [0.2, 0.25) is 0 Å². The molecule has 0 saturated carbocycles. The summed E-state index contributed by atoms with van der Waals surface area (Å²) in [5.41, 5.74) is 0. The van der Waals surface area contributed by atoms with E-state index in [0.717, 1.165) is 6.26 Å². The zero-order valence-electron chi connectivity index (χ0n) is 9.46. The normalized spacial score (nSPS) is 24.8. The number of benzene rings is 1. The summed E-state index contributed by atoms with van der Waals surface area (Å²) in [5.74, 6) is 0.560. The first-order chi connectivity index (χ1) is 7.97. The van der Waals surface area contributed by atoms with Gasteiger partial charge in [0, 0.05) is 19.3 Å². The molecule has 17 heavy (non-hydrogen) atoms. The summed E-state index contributed by atoms with van der Waals surface area (Å²) in [4.78, 5) is 0.259. The first-order valence-corrected chi connectivity index (χ1v) is 7.21. The van der Waals surface area contributed by atoms with E-state index in [0.29, 0.717) is 18.8 Å². The minimum Gasteiger partial charge on any atom is -0.486 e. The maximum atomic E-state index is 11.2. The van der Waals surface area contributed by atoms with Gasteiger partial charge in [0.1, 0.15) is 18.0 Å². The number of hydrogen-bond donors (Lipinski definition) is 2. The quantitative estimate of drug-likeness (QED) is 0.784. The first-order valence-electron chi connectivity index (χ1n) is 5.32. The molecule has 0 radical (unpaired) electrons. The van der Waals surface area contributed by atoms with Crippen molar-refractivity contribution in [1.29, 1.82) is 0 Å². The lowest BCUT2D eigenvalue weighted by Crippen LogP contribution is -2.29. The summed E-state index contributed by atoms with van der Waals surface area (Å²) in [6.45, 7) is 1.11. The Morgan fingerprint density at radius 1 is 1.29 bits per heavy atom. The second-order valence-corrected chi connectivity index (χ2v) is 6.14. The Kier molecular flexibility index (Phi) is 3.37. The van der Waals surface area contributed by atoms with E-state index >= 15 is 0 Å². The molecule has 0 aromatic heterocycles. The van der Waals surface area contributed by atoms with E-state index in [-0.39, 0.29) is 11.0 Å². The fourth-order valence-corrected chi connectivity index (χ4v) is 2.33. The molecule has 0 spiro atoms. The van der Waals surface area contributed by atoms with Gasteiger partial charge in [0.05, 0.1) is 4.90 Å². The number of nitrogens with one attached hydrogen (secondary N) is 1. The third-order valence-electron chi connectivity index (χ3n) is 2.67. The van der Waals surface area contributed by atoms with Gasteiger partial charge >= 0.3 is 0 Å². The molecule has 94 valence electrons. The molecule has 2 unspecified atom stereocenters. The van der Waals surface area contributed by atoms with Gasteiger partial charge in [-0.2, -0.15) is 0 Å². The summed E-state index contributed by atoms with van der Waals surface area (Å²) in [5, 5.41) is 12.6. The summed E-state index contributed by atoms with van der Waals surface area (Å²) in [6, 6.07) is 6.20. The molecule has 1 saturated heterocycles. The molecular formula is C11H15NO4S. The molecule has 2 atom stereocenters. The third-order valence-corrected chi connectivity index (χ3v) is 3.80. The van der Waals surface area contributed by atoms with Crippen LogP contribution in [0.25, 0.3) is 0 Å². The van der Waals surface area contributed by atoms with Crippen molar-refractivity contribution in [2.75, 3.05) is 19.3 Å². The summed E-state index contributed by atoms with van der Waals surface area (Å²) in [6.07, 6.45) is 0.358. The predicted octanol–water partition coefficient (Wildman–Crippen LogP) is -0.198. The average molecular weight is 257 g/mol. The van der Waals surface area contributed by atoms with Crippen LogP contribution >= 0.6 is 0 Å². The van der Waals surface area contributed by atoms with Crippen molar-refractivity contribution in [3.8, 4) is 5.75 Å². The Morgan fingerprint density at radius 2 is 1.94 bits per heavy atom. The van der Waals surface area contributed by atoms with Crippen molar-refractivity contribution in [1.82, 2.24) is 5.32 Å². The molecule has 6 heteroatoms. The fraction of sp³-hybridized carbons (Fsp3) is 0.455. The van der Waals surface area contributed by atoms with E-state index in [1.54, 1.807) is 12.1 Å². The van der Waals surface area contributed by atoms with Gasteiger partial charge < -0.3 is 15.2 Å². The van der Waals surface area contributed by atoms with Crippen molar-refractivity contribution in [2.45, 2.75) is 17.1 Å². The number of rotatable bonds is 3. The highest BCUT2D eigenvalue weighted by molar-refractivity contribution is 7.90. The molecule has 1 fully saturated rings. The minimum atomic E-state index is -3.17. The molecule has 5 nitrogen and oxygen atoms in total. The lowest BCUT2D eigenvalue weighted by Gasteiger charge is -2.16. The molecular weight excluding hydrogens is 242 g/mol. The van der Waals surface area contributed by atoms with Crippen LogP contribution in [0.1, 0.15) is 0 Å². The van der Waals surface area contributed by atoms with Gasteiger partial charge in [-0.1, -0.05) is 0 Å². The van der Waals surface area contributed by atoms with E-state index < -0.39 is 15.9 Å². The van der Waals surface area contributed by atoms with E-state index in [2.05, 4.69) is 5.32 Å². The Hall–Kier alpha value is -1.11. The molecule has 2 rings (SSSR count). The lowest BCUT2D eigenvalue weighted by molar-refractivity contribution is 0.0737. The highest BCUT2D eigenvalue weighted by Gasteiger charge is 2.26. The van der Waals surface area contributed by atoms with E-state index in [1.807, 2.05) is 0 Å². The molecule has 0 aliphatic carbocycles. The average Bonchev–Trinajstić information content (AvgIpc) is 2.64. The van der Waals surface area contributed by atoms with Crippen LogP contribution in [0.4, 0.5) is 0 Å². The molecule has 1 aliphatic rings. The van der Waals surface area contributed by atoms with Gasteiger partial charge in [-0.15, -0.1) is 0 Å². The van der Waals surface area contributed by atoms with Crippen molar-refractivity contribution < 1.29 is 18.3 Å². The highest BCUT2D eigenvalue weighted by atomic mass is 32.2. The molecule has 1 aliphatic heterocycles. The van der Waals surface area contributed by atoms with Crippen molar-refractivity contribution in [3.63, 3.8) is 0 Å². The summed E-state index contributed by atoms with van der Waals surface area (Å²) >= 11 is 0. The Labute approximate surface area is 100 Å². The smallest absolute Gasteiger partial charge is 0.175 e. The van der Waals surface area contributed by atoms with Gasteiger partial charge in [-0.25, -0.2) is 8.42 Å². The number of ether oxygens (including phenoxy) is 1. The van der Waals surface area contributed by atoms with Gasteiger partial charge in [-0.05, 0) is 24.3 Å². The minimum absolute atomic E-state index is 0.259. The van der Waals surface area contributed by atoms with Crippen LogP contribution in [-0.4, -0.2) is 45.1 Å². The van der Waals surface area contributed by atoms with Crippen molar-refractivity contribution in [3.05, 3.63) is 24.3 Å². The van der Waals surface area contributed by atoms with E-state index in [4.69, 9.17) is 4.74 Å². The SMILES string of the molecule is CS(=O)(=O)c1ccc(OC2CNCC2O)cc1. The van der Waals surface area contributed by atoms with Crippen LogP contribution in [0.3, 0.4) is 0 Å². The Bertz CT molecular complexity index is 483. The zero-order chi connectivity index (χ0) is 12.5. The van der Waals surface area contributed by atoms with Crippen LogP contribution in [0.2, 0.25) is 0 Å². The van der Waals surface area contributed by atoms with Gasteiger partial charge in [-0.3, -0.25) is 0 Å². The molecule has 0 amide bonds. The standard InChI is InChI=1S/C11H15NO4S/c1-17(14,15)9-4-2-8(3-5-9)16-11-7-12-6-10(11)13/h2-5,10-13H,6-7H2,1H3. The number of aliphatic hydroxyl groups excluding tert-OH is 1. The monoisotopic (exact) mass is 257 g/mol. The van der Waals surface area contributed by atoms with Crippen LogP contribution < -0.4 is 10.1 Å². The second kappa shape index (κ2) is 4.64. The molecule has 1 heterocycles. The van der Waals surface area contributed by atoms with Crippen LogP contribution in [-0.2, 0) is 9.84 Å². The van der Waals surface area contributed by atoms with E-state index in [9.17, 15) is 13.5 Å². The fourth-order valence-electron chi connectivity index (χ4n) is 1.70. The molecule has 2 N–H and O–H groups in total. The number of aliphatic hydroxyl groups is 1. The van der Waals surface area contributed by atoms with Gasteiger partial charge in [0.15, 0.2) is 9.84 Å². The summed E-state index contributed by atoms with van der Waals surface area (Å²) < 4.78 is 28.0. The third kappa shape index (κ3) is 2.96. The molecule has 1 aromatic carbocycles. The predicted molar refractivity (Wildman–Crippen MR) is 62.8 cm³/mol. The zero-order valence-corrected chi connectivity index (χ0v) is 10.3. The maximum Gasteiger partial charge on any atom is 0.175 e. The largest absolute Gasteiger partial charge is 0.486 e. The second-order valence-electron chi connectivity index (χ2n) is 4.13. The van der Waals surface area contributed by atoms with Crippen LogP contribution in [0, 0.1) is 0 Å². The number of β-amino-alcohol motifs (C(OH)–C–C–N with tert-alkyl or cyclic N) is 1. The highest BCUT2D eigenvalue weighted by Crippen LogP contribution is 2.18. The van der Waals surface area contributed by atoms with Gasteiger partial charge in [0.25, 0.3) is 0 Å². The first kappa shape index (κ1) is 12.3. The van der Waals surface area contributed by atoms with Crippen molar-refractivity contribution >= 4 is 9.84 Å². The van der Waals surface area contributed by atoms with Crippen LogP contribution in [0.15, 0.2) is 29.2 Å². The summed E-state index contributed by atoms with van der Waals surface area (Å²) in [7, 11) is -3.17. The van der Waals surface area contributed by atoms with E-state index in [1.165, 1.54) is 12.1 Å². The number of hydrogen-bond acceptors (Lipinski definition) is 5. The molecule has 1 aromatic rings. The number of sulfone groups is 1. The van der Waals surface area contributed by atoms with Crippen LogP contribution in [0.5, 0.6) is 5.75 Å². The Morgan fingerprint density at radius 3 is 2.41 bits per heavy atom.